The third kappa shape index (κ3) is 3.97. The molecule has 1 aliphatic heterocycles. The second kappa shape index (κ2) is 8.19. The molecule has 9 nitrogen and oxygen atoms in total. The summed E-state index contributed by atoms with van der Waals surface area (Å²) in [5.41, 5.74) is 0.953. The maximum Gasteiger partial charge on any atom is 0.343 e. The third-order valence-corrected chi connectivity index (χ3v) is 4.81. The van der Waals surface area contributed by atoms with Gasteiger partial charge in [-0.1, -0.05) is 23.9 Å². The monoisotopic (exact) mass is 377 g/mol. The normalized spacial score (nSPS) is 13.4. The highest BCUT2D eigenvalue weighted by molar-refractivity contribution is 7.99. The number of carbonyl (C=O) groups is 2. The lowest BCUT2D eigenvalue weighted by Crippen LogP contribution is -2.43. The Kier molecular flexibility index (Phi) is 5.74. The van der Waals surface area contributed by atoms with Gasteiger partial charge in [-0.05, 0) is 18.6 Å². The second-order valence-electron chi connectivity index (χ2n) is 5.64. The van der Waals surface area contributed by atoms with Crippen molar-refractivity contribution in [1.82, 2.24) is 14.8 Å². The van der Waals surface area contributed by atoms with Crippen LogP contribution in [0.15, 0.2) is 34.2 Å². The number of aromatic nitrogens is 3. The van der Waals surface area contributed by atoms with E-state index in [4.69, 9.17) is 4.74 Å². The maximum absolute atomic E-state index is 12.6. The number of benzene rings is 1. The molecule has 0 saturated heterocycles. The predicted molar refractivity (Wildman–Crippen MR) is 97.5 cm³/mol. The Hall–Kier alpha value is -2.59. The lowest BCUT2D eigenvalue weighted by atomic mass is 10.2. The summed E-state index contributed by atoms with van der Waals surface area (Å²) in [4.78, 5) is 37.7. The van der Waals surface area contributed by atoms with Gasteiger partial charge in [-0.3, -0.25) is 14.2 Å². The van der Waals surface area contributed by atoms with Crippen LogP contribution in [-0.4, -0.2) is 52.6 Å². The van der Waals surface area contributed by atoms with Crippen molar-refractivity contribution in [3.8, 4) is 0 Å². The van der Waals surface area contributed by atoms with Crippen LogP contribution in [0, 0.1) is 0 Å². The van der Waals surface area contributed by atoms with Gasteiger partial charge in [-0.15, -0.1) is 5.10 Å². The number of amides is 2. The molecule has 0 aliphatic carbocycles. The van der Waals surface area contributed by atoms with Crippen LogP contribution < -0.4 is 15.9 Å². The van der Waals surface area contributed by atoms with Crippen molar-refractivity contribution < 1.29 is 14.3 Å². The average molecular weight is 377 g/mol. The molecule has 1 aromatic carbocycles. The molecule has 0 spiro atoms. The Balaban J connectivity index is 1.68. The van der Waals surface area contributed by atoms with Crippen molar-refractivity contribution in [2.24, 2.45) is 0 Å². The molecule has 1 aromatic heterocycles. The molecular weight excluding hydrogens is 358 g/mol. The van der Waals surface area contributed by atoms with E-state index in [1.165, 1.54) is 9.47 Å². The van der Waals surface area contributed by atoms with Gasteiger partial charge in [0.2, 0.25) is 11.8 Å². The highest BCUT2D eigenvalue weighted by atomic mass is 32.2. The number of hydrogen-bond donors (Lipinski definition) is 2. The SMILES string of the molecule is COCCCn1c(SCC(=O)N2CC(=O)Nc3ccccc32)n[nH]c1=O. The number of anilines is 2. The van der Waals surface area contributed by atoms with Crippen LogP contribution in [0.3, 0.4) is 0 Å². The first-order valence-corrected chi connectivity index (χ1v) is 9.05. The van der Waals surface area contributed by atoms with Gasteiger partial charge < -0.3 is 15.0 Å². The van der Waals surface area contributed by atoms with Crippen LogP contribution in [-0.2, 0) is 20.9 Å². The fourth-order valence-corrected chi connectivity index (χ4v) is 3.49. The number of H-pyrrole nitrogens is 1. The largest absolute Gasteiger partial charge is 0.385 e. The Morgan fingerprint density at radius 3 is 2.96 bits per heavy atom. The van der Waals surface area contributed by atoms with Gasteiger partial charge in [0.1, 0.15) is 6.54 Å². The summed E-state index contributed by atoms with van der Waals surface area (Å²) in [6.45, 7) is 0.951. The first kappa shape index (κ1) is 18.2. The molecule has 26 heavy (non-hydrogen) atoms. The van der Waals surface area contributed by atoms with Crippen molar-refractivity contribution >= 4 is 35.0 Å². The molecule has 2 N–H and O–H groups in total. The standard InChI is InChI=1S/C16H19N5O4S/c1-25-8-4-7-20-15(24)18-19-16(20)26-10-14(23)21-9-13(22)17-11-5-2-3-6-12(11)21/h2-3,5-6H,4,7-10H2,1H3,(H,17,22)(H,18,24). The number of methoxy groups -OCH3 is 1. The van der Waals surface area contributed by atoms with Gasteiger partial charge in [0.15, 0.2) is 5.16 Å². The Bertz CT molecular complexity index is 862. The minimum absolute atomic E-state index is 0.0301. The summed E-state index contributed by atoms with van der Waals surface area (Å²) >= 11 is 1.16. The number of aromatic amines is 1. The summed E-state index contributed by atoms with van der Waals surface area (Å²) in [5.74, 6) is -0.398. The van der Waals surface area contributed by atoms with E-state index in [1.807, 2.05) is 6.07 Å². The number of fused-ring (bicyclic) bond motifs is 1. The fraction of sp³-hybridized carbons (Fsp3) is 0.375. The van der Waals surface area contributed by atoms with E-state index in [2.05, 4.69) is 15.5 Å². The number of hydrogen-bond acceptors (Lipinski definition) is 6. The van der Waals surface area contributed by atoms with Gasteiger partial charge in [-0.25, -0.2) is 9.89 Å². The van der Waals surface area contributed by atoms with Crippen molar-refractivity contribution in [3.63, 3.8) is 0 Å². The van der Waals surface area contributed by atoms with Gasteiger partial charge in [0, 0.05) is 20.3 Å². The molecule has 0 unspecified atom stereocenters. The van der Waals surface area contributed by atoms with Gasteiger partial charge in [-0.2, -0.15) is 0 Å². The molecule has 2 heterocycles. The molecule has 1 aliphatic rings. The molecule has 0 saturated carbocycles. The summed E-state index contributed by atoms with van der Waals surface area (Å²) in [6, 6.07) is 7.14. The molecule has 10 heteroatoms. The van der Waals surface area contributed by atoms with E-state index in [0.717, 1.165) is 11.8 Å². The lowest BCUT2D eigenvalue weighted by molar-refractivity contribution is -0.120. The van der Waals surface area contributed by atoms with Gasteiger partial charge in [0.05, 0.1) is 17.1 Å². The van der Waals surface area contributed by atoms with Gasteiger partial charge >= 0.3 is 5.69 Å². The molecular formula is C16H19N5O4S. The Labute approximate surface area is 153 Å². The number of para-hydroxylation sites is 2. The first-order valence-electron chi connectivity index (χ1n) is 8.06. The zero-order valence-electron chi connectivity index (χ0n) is 14.2. The minimum Gasteiger partial charge on any atom is -0.385 e. The average Bonchev–Trinajstić information content (AvgIpc) is 2.99. The fourth-order valence-electron chi connectivity index (χ4n) is 2.64. The number of nitrogens with one attached hydrogen (secondary N) is 2. The van der Waals surface area contributed by atoms with Crippen LogP contribution in [0.2, 0.25) is 0 Å². The number of carbonyl (C=O) groups excluding carboxylic acids is 2. The molecule has 3 rings (SSSR count). The van der Waals surface area contributed by atoms with Crippen LogP contribution in [0.5, 0.6) is 0 Å². The van der Waals surface area contributed by atoms with E-state index in [1.54, 1.807) is 25.3 Å². The van der Waals surface area contributed by atoms with Crippen molar-refractivity contribution in [2.75, 3.05) is 36.2 Å². The highest BCUT2D eigenvalue weighted by Gasteiger charge is 2.26. The number of rotatable bonds is 7. The first-order chi connectivity index (χ1) is 12.6. The molecule has 2 amide bonds. The summed E-state index contributed by atoms with van der Waals surface area (Å²) in [5, 5.41) is 9.55. The second-order valence-corrected chi connectivity index (χ2v) is 6.59. The topological polar surface area (TPSA) is 109 Å². The van der Waals surface area contributed by atoms with E-state index >= 15 is 0 Å². The van der Waals surface area contributed by atoms with Crippen molar-refractivity contribution in [1.29, 1.82) is 0 Å². The molecule has 0 radical (unpaired) electrons. The predicted octanol–water partition coefficient (Wildman–Crippen LogP) is 0.685. The highest BCUT2D eigenvalue weighted by Crippen LogP contribution is 2.29. The van der Waals surface area contributed by atoms with Crippen LogP contribution in [0.25, 0.3) is 0 Å². The van der Waals surface area contributed by atoms with Crippen molar-refractivity contribution in [2.45, 2.75) is 18.1 Å². The number of nitrogens with zero attached hydrogens (tertiary/aromatic N) is 3. The minimum atomic E-state index is -0.321. The Morgan fingerprint density at radius 1 is 1.35 bits per heavy atom. The molecule has 138 valence electrons. The van der Waals surface area contributed by atoms with Gasteiger partial charge in [0.25, 0.3) is 0 Å². The molecule has 0 bridgehead atoms. The molecule has 0 fully saturated rings. The quantitative estimate of drug-likeness (QED) is 0.543. The maximum atomic E-state index is 12.6. The number of ether oxygens (including phenoxy) is 1. The summed E-state index contributed by atoms with van der Waals surface area (Å²) in [7, 11) is 1.60. The third-order valence-electron chi connectivity index (χ3n) is 3.85. The number of thioether (sulfide) groups is 1. The molecule has 2 aromatic rings. The zero-order valence-corrected chi connectivity index (χ0v) is 15.0. The van der Waals surface area contributed by atoms with E-state index in [-0.39, 0.29) is 29.8 Å². The summed E-state index contributed by atoms with van der Waals surface area (Å²) in [6.07, 6.45) is 0.664. The zero-order chi connectivity index (χ0) is 18.5. The van der Waals surface area contributed by atoms with E-state index in [9.17, 15) is 14.4 Å². The van der Waals surface area contributed by atoms with E-state index in [0.29, 0.717) is 36.1 Å². The van der Waals surface area contributed by atoms with Crippen LogP contribution >= 0.6 is 11.8 Å². The molecule has 0 atom stereocenters. The lowest BCUT2D eigenvalue weighted by Gasteiger charge is -2.29. The van der Waals surface area contributed by atoms with Crippen LogP contribution in [0.4, 0.5) is 11.4 Å². The smallest absolute Gasteiger partial charge is 0.343 e. The van der Waals surface area contributed by atoms with E-state index < -0.39 is 0 Å². The summed E-state index contributed by atoms with van der Waals surface area (Å²) < 4.78 is 6.47. The van der Waals surface area contributed by atoms with Crippen LogP contribution in [0.1, 0.15) is 6.42 Å². The Morgan fingerprint density at radius 2 is 2.15 bits per heavy atom. The van der Waals surface area contributed by atoms with Crippen molar-refractivity contribution in [3.05, 3.63) is 34.7 Å².